The third-order valence-corrected chi connectivity index (χ3v) is 4.39. The molecule has 0 aliphatic heterocycles. The van der Waals surface area contributed by atoms with Crippen molar-refractivity contribution in [1.29, 1.82) is 0 Å². The second-order valence-corrected chi connectivity index (χ2v) is 5.92. The Morgan fingerprint density at radius 3 is 2.56 bits per heavy atom. The lowest BCUT2D eigenvalue weighted by molar-refractivity contribution is -0.116. The standard InChI is InChI=1S/C18H20N2O4S/c1-5-20(12(2)21)18-19-14(11-25-18)7-8-15(22)13-6-9-16(23-3)17(10-13)24-4/h6-11H,5H2,1-4H3/b8-7+. The summed E-state index contributed by atoms with van der Waals surface area (Å²) >= 11 is 1.36. The molecule has 0 N–H and O–H groups in total. The lowest BCUT2D eigenvalue weighted by atomic mass is 10.1. The number of methoxy groups -OCH3 is 2. The Hall–Kier alpha value is -2.67. The molecule has 2 aromatic rings. The van der Waals surface area contributed by atoms with Crippen molar-refractivity contribution in [2.75, 3.05) is 25.7 Å². The summed E-state index contributed by atoms with van der Waals surface area (Å²) in [6.07, 6.45) is 3.08. The van der Waals surface area contributed by atoms with Gasteiger partial charge in [-0.3, -0.25) is 14.5 Å². The van der Waals surface area contributed by atoms with Gasteiger partial charge in [0.2, 0.25) is 5.91 Å². The SMILES string of the molecule is CCN(C(C)=O)c1nc(/C=C/C(=O)c2ccc(OC)c(OC)c2)cs1. The molecule has 1 aromatic carbocycles. The number of allylic oxidation sites excluding steroid dienone is 1. The van der Waals surface area contributed by atoms with Crippen LogP contribution in [0.2, 0.25) is 0 Å². The number of carbonyl (C=O) groups excluding carboxylic acids is 2. The number of anilines is 1. The van der Waals surface area contributed by atoms with E-state index in [0.29, 0.717) is 34.4 Å². The largest absolute Gasteiger partial charge is 0.493 e. The molecular weight excluding hydrogens is 340 g/mol. The van der Waals surface area contributed by atoms with Crippen LogP contribution >= 0.6 is 11.3 Å². The first kappa shape index (κ1) is 18.7. The highest BCUT2D eigenvalue weighted by molar-refractivity contribution is 7.14. The van der Waals surface area contributed by atoms with Gasteiger partial charge in [-0.25, -0.2) is 4.98 Å². The van der Waals surface area contributed by atoms with E-state index in [1.165, 1.54) is 31.4 Å². The van der Waals surface area contributed by atoms with Crippen LogP contribution in [0.1, 0.15) is 29.9 Å². The van der Waals surface area contributed by atoms with Crippen LogP contribution in [0.3, 0.4) is 0 Å². The summed E-state index contributed by atoms with van der Waals surface area (Å²) < 4.78 is 10.4. The van der Waals surface area contributed by atoms with Crippen molar-refractivity contribution in [2.24, 2.45) is 0 Å². The van der Waals surface area contributed by atoms with Gasteiger partial charge in [0.25, 0.3) is 0 Å². The zero-order chi connectivity index (χ0) is 18.4. The van der Waals surface area contributed by atoms with Crippen molar-refractivity contribution in [3.8, 4) is 11.5 Å². The van der Waals surface area contributed by atoms with Crippen molar-refractivity contribution >= 4 is 34.2 Å². The number of ether oxygens (including phenoxy) is 2. The van der Waals surface area contributed by atoms with Crippen LogP contribution in [0.25, 0.3) is 6.08 Å². The lowest BCUT2D eigenvalue weighted by Gasteiger charge is -2.14. The molecule has 0 fully saturated rings. The van der Waals surface area contributed by atoms with E-state index in [2.05, 4.69) is 4.98 Å². The third-order valence-electron chi connectivity index (χ3n) is 3.51. The Kier molecular flexibility index (Phi) is 6.30. The summed E-state index contributed by atoms with van der Waals surface area (Å²) in [5.74, 6) is 0.831. The second kappa shape index (κ2) is 8.43. The van der Waals surface area contributed by atoms with Gasteiger partial charge in [-0.1, -0.05) is 0 Å². The first-order valence-electron chi connectivity index (χ1n) is 7.68. The number of hydrogen-bond donors (Lipinski definition) is 0. The van der Waals surface area contributed by atoms with Crippen LogP contribution in [0, 0.1) is 0 Å². The van der Waals surface area contributed by atoms with Crippen molar-refractivity contribution in [2.45, 2.75) is 13.8 Å². The lowest BCUT2D eigenvalue weighted by Crippen LogP contribution is -2.27. The van der Waals surface area contributed by atoms with Crippen LogP contribution in [0.15, 0.2) is 29.7 Å². The molecule has 7 heteroatoms. The third kappa shape index (κ3) is 4.45. The molecule has 1 amide bonds. The van der Waals surface area contributed by atoms with Gasteiger partial charge in [-0.15, -0.1) is 11.3 Å². The fourth-order valence-electron chi connectivity index (χ4n) is 2.22. The van der Waals surface area contributed by atoms with Crippen molar-refractivity contribution in [3.05, 3.63) is 40.9 Å². The Labute approximate surface area is 150 Å². The van der Waals surface area contributed by atoms with E-state index >= 15 is 0 Å². The molecule has 0 unspecified atom stereocenters. The van der Waals surface area contributed by atoms with Gasteiger partial charge >= 0.3 is 0 Å². The van der Waals surface area contributed by atoms with E-state index in [9.17, 15) is 9.59 Å². The first-order valence-corrected chi connectivity index (χ1v) is 8.56. The molecule has 0 bridgehead atoms. The molecule has 6 nitrogen and oxygen atoms in total. The summed E-state index contributed by atoms with van der Waals surface area (Å²) in [5.41, 5.74) is 1.12. The van der Waals surface area contributed by atoms with Gasteiger partial charge < -0.3 is 9.47 Å². The Morgan fingerprint density at radius 1 is 1.24 bits per heavy atom. The van der Waals surface area contributed by atoms with E-state index in [1.54, 1.807) is 41.7 Å². The highest BCUT2D eigenvalue weighted by Crippen LogP contribution is 2.28. The zero-order valence-corrected chi connectivity index (χ0v) is 15.4. The smallest absolute Gasteiger partial charge is 0.225 e. The minimum absolute atomic E-state index is 0.0613. The highest BCUT2D eigenvalue weighted by Gasteiger charge is 2.13. The maximum absolute atomic E-state index is 12.3. The van der Waals surface area contributed by atoms with Gasteiger partial charge in [-0.2, -0.15) is 0 Å². The predicted octanol–water partition coefficient (Wildman–Crippen LogP) is 3.43. The van der Waals surface area contributed by atoms with Crippen LogP contribution in [0.5, 0.6) is 11.5 Å². The topological polar surface area (TPSA) is 68.7 Å². The van der Waals surface area contributed by atoms with E-state index in [1.807, 2.05) is 6.92 Å². The molecule has 0 atom stereocenters. The van der Waals surface area contributed by atoms with Crippen molar-refractivity contribution in [3.63, 3.8) is 0 Å². The summed E-state index contributed by atoms with van der Waals surface area (Å²) in [6, 6.07) is 4.99. The molecule has 25 heavy (non-hydrogen) atoms. The molecule has 1 heterocycles. The van der Waals surface area contributed by atoms with Crippen LogP contribution in [-0.2, 0) is 4.79 Å². The Balaban J connectivity index is 2.15. The summed E-state index contributed by atoms with van der Waals surface area (Å²) in [5, 5.41) is 2.42. The molecule has 132 valence electrons. The molecule has 0 saturated heterocycles. The van der Waals surface area contributed by atoms with E-state index in [-0.39, 0.29) is 11.7 Å². The number of aromatic nitrogens is 1. The van der Waals surface area contributed by atoms with Gasteiger partial charge in [-0.05, 0) is 37.3 Å². The number of carbonyl (C=O) groups is 2. The minimum atomic E-state index is -0.172. The van der Waals surface area contributed by atoms with Crippen molar-refractivity contribution in [1.82, 2.24) is 4.98 Å². The van der Waals surface area contributed by atoms with E-state index < -0.39 is 0 Å². The maximum atomic E-state index is 12.3. The Bertz CT molecular complexity index is 798. The average molecular weight is 360 g/mol. The zero-order valence-electron chi connectivity index (χ0n) is 14.6. The van der Waals surface area contributed by atoms with E-state index in [4.69, 9.17) is 9.47 Å². The summed E-state index contributed by atoms with van der Waals surface area (Å²) in [6.45, 7) is 3.94. The number of ketones is 1. The quantitative estimate of drug-likeness (QED) is 0.559. The van der Waals surface area contributed by atoms with Crippen LogP contribution in [0.4, 0.5) is 5.13 Å². The highest BCUT2D eigenvalue weighted by atomic mass is 32.1. The molecule has 0 radical (unpaired) electrons. The summed E-state index contributed by atoms with van der Waals surface area (Å²) in [7, 11) is 3.06. The van der Waals surface area contributed by atoms with Gasteiger partial charge in [0.1, 0.15) is 0 Å². The number of thiazole rings is 1. The van der Waals surface area contributed by atoms with Gasteiger partial charge in [0.15, 0.2) is 22.4 Å². The number of hydrogen-bond acceptors (Lipinski definition) is 6. The molecule has 0 aliphatic rings. The molecule has 1 aromatic heterocycles. The maximum Gasteiger partial charge on any atom is 0.225 e. The summed E-state index contributed by atoms with van der Waals surface area (Å²) in [4.78, 5) is 29.8. The van der Waals surface area contributed by atoms with E-state index in [0.717, 1.165) is 0 Å². The van der Waals surface area contributed by atoms with Gasteiger partial charge in [0.05, 0.1) is 19.9 Å². The molecular formula is C18H20N2O4S. The fourth-order valence-corrected chi connectivity index (χ4v) is 3.12. The molecule has 0 saturated carbocycles. The Morgan fingerprint density at radius 2 is 1.96 bits per heavy atom. The second-order valence-electron chi connectivity index (χ2n) is 5.09. The van der Waals surface area contributed by atoms with Crippen LogP contribution in [-0.4, -0.2) is 37.4 Å². The fraction of sp³-hybridized carbons (Fsp3) is 0.278. The van der Waals surface area contributed by atoms with Crippen molar-refractivity contribution < 1.29 is 19.1 Å². The minimum Gasteiger partial charge on any atom is -0.493 e. The monoisotopic (exact) mass is 360 g/mol. The molecule has 2 rings (SSSR count). The van der Waals surface area contributed by atoms with Gasteiger partial charge in [0, 0.05) is 24.4 Å². The predicted molar refractivity (Wildman–Crippen MR) is 98.7 cm³/mol. The average Bonchev–Trinajstić information content (AvgIpc) is 3.07. The number of amides is 1. The molecule has 0 aliphatic carbocycles. The first-order chi connectivity index (χ1) is 12.0. The number of nitrogens with zero attached hydrogens (tertiary/aromatic N) is 2. The molecule has 0 spiro atoms. The number of rotatable bonds is 7. The number of benzene rings is 1. The normalized spacial score (nSPS) is 10.7. The van der Waals surface area contributed by atoms with Crippen LogP contribution < -0.4 is 14.4 Å².